The highest BCUT2D eigenvalue weighted by molar-refractivity contribution is 7.89. The summed E-state index contributed by atoms with van der Waals surface area (Å²) < 4.78 is 23.5. The Balaban J connectivity index is 2.76. The molecule has 104 valence electrons. The van der Waals surface area contributed by atoms with Crippen LogP contribution in [0, 0.1) is 0 Å². The maximum atomic E-state index is 11.8. The minimum Gasteiger partial charge on any atom is -0.508 e. The van der Waals surface area contributed by atoms with E-state index < -0.39 is 10.0 Å². The molecule has 0 unspecified atom stereocenters. The van der Waals surface area contributed by atoms with Crippen molar-refractivity contribution in [3.63, 3.8) is 0 Å². The second-order valence-corrected chi connectivity index (χ2v) is 5.90. The number of hydrogen-bond donors (Lipinski definition) is 2. The summed E-state index contributed by atoms with van der Waals surface area (Å²) in [6.07, 6.45) is 2.23. The molecule has 20 heavy (non-hydrogen) atoms. The quantitative estimate of drug-likeness (QED) is 0.848. The van der Waals surface area contributed by atoms with Crippen LogP contribution in [0.2, 0.25) is 0 Å². The van der Waals surface area contributed by atoms with Crippen molar-refractivity contribution in [1.29, 1.82) is 0 Å². The first-order valence-electron chi connectivity index (χ1n) is 5.98. The fourth-order valence-electron chi connectivity index (χ4n) is 2.10. The van der Waals surface area contributed by atoms with Gasteiger partial charge in [-0.15, -0.1) is 6.58 Å². The van der Waals surface area contributed by atoms with Crippen molar-refractivity contribution in [2.24, 2.45) is 5.14 Å². The van der Waals surface area contributed by atoms with E-state index in [0.717, 1.165) is 5.56 Å². The van der Waals surface area contributed by atoms with Gasteiger partial charge in [0.1, 0.15) is 5.75 Å². The number of aromatic hydroxyl groups is 1. The number of nitrogens with two attached hydrogens (primary N) is 1. The molecule has 2 rings (SSSR count). The first-order chi connectivity index (χ1) is 9.43. The van der Waals surface area contributed by atoms with Gasteiger partial charge in [-0.3, -0.25) is 0 Å². The molecule has 0 saturated carbocycles. The number of phenols is 1. The lowest BCUT2D eigenvalue weighted by Crippen LogP contribution is -2.14. The minimum atomic E-state index is -3.83. The summed E-state index contributed by atoms with van der Waals surface area (Å²) in [7, 11) is -3.83. The first-order valence-corrected chi connectivity index (χ1v) is 7.53. The molecule has 4 nitrogen and oxygen atoms in total. The molecule has 2 aromatic rings. The Morgan fingerprint density at radius 1 is 1.15 bits per heavy atom. The van der Waals surface area contributed by atoms with E-state index in [-0.39, 0.29) is 10.6 Å². The smallest absolute Gasteiger partial charge is 0.238 e. The van der Waals surface area contributed by atoms with Crippen molar-refractivity contribution in [3.05, 3.63) is 60.7 Å². The van der Waals surface area contributed by atoms with Gasteiger partial charge in [-0.05, 0) is 35.7 Å². The van der Waals surface area contributed by atoms with Gasteiger partial charge in [-0.25, -0.2) is 13.6 Å². The van der Waals surface area contributed by atoms with Gasteiger partial charge in [-0.1, -0.05) is 30.3 Å². The third kappa shape index (κ3) is 2.89. The van der Waals surface area contributed by atoms with Crippen LogP contribution in [0.25, 0.3) is 11.1 Å². The lowest BCUT2D eigenvalue weighted by molar-refractivity contribution is 0.475. The average molecular weight is 289 g/mol. The Morgan fingerprint density at radius 3 is 2.35 bits per heavy atom. The molecule has 0 aliphatic rings. The number of hydrogen-bond acceptors (Lipinski definition) is 3. The van der Waals surface area contributed by atoms with Crippen molar-refractivity contribution in [3.8, 4) is 16.9 Å². The summed E-state index contributed by atoms with van der Waals surface area (Å²) in [6, 6.07) is 11.3. The zero-order chi connectivity index (χ0) is 14.8. The molecular weight excluding hydrogens is 274 g/mol. The topological polar surface area (TPSA) is 80.4 Å². The molecule has 0 aliphatic carbocycles. The van der Waals surface area contributed by atoms with Gasteiger partial charge in [0.15, 0.2) is 0 Å². The van der Waals surface area contributed by atoms with Gasteiger partial charge in [0, 0.05) is 5.56 Å². The third-order valence-corrected chi connectivity index (χ3v) is 3.89. The van der Waals surface area contributed by atoms with Gasteiger partial charge in [0.2, 0.25) is 10.0 Å². The van der Waals surface area contributed by atoms with E-state index in [2.05, 4.69) is 6.58 Å². The molecule has 0 aliphatic heterocycles. The molecule has 0 spiro atoms. The highest BCUT2D eigenvalue weighted by Gasteiger charge is 2.17. The maximum absolute atomic E-state index is 11.8. The second kappa shape index (κ2) is 5.48. The van der Waals surface area contributed by atoms with Gasteiger partial charge in [-0.2, -0.15) is 0 Å². The van der Waals surface area contributed by atoms with E-state index in [0.29, 0.717) is 17.5 Å². The van der Waals surface area contributed by atoms with Crippen LogP contribution in [0.1, 0.15) is 5.56 Å². The lowest BCUT2D eigenvalue weighted by atomic mass is 9.97. The zero-order valence-corrected chi connectivity index (χ0v) is 11.6. The van der Waals surface area contributed by atoms with Crippen LogP contribution >= 0.6 is 0 Å². The Labute approximate surface area is 118 Å². The number of sulfonamides is 1. The Hall–Kier alpha value is -2.11. The maximum Gasteiger partial charge on any atom is 0.238 e. The van der Waals surface area contributed by atoms with Crippen LogP contribution in [0.5, 0.6) is 5.75 Å². The molecule has 0 radical (unpaired) electrons. The number of primary sulfonamides is 1. The summed E-state index contributed by atoms with van der Waals surface area (Å²) in [4.78, 5) is 0.0718. The fraction of sp³-hybridized carbons (Fsp3) is 0.0667. The van der Waals surface area contributed by atoms with Crippen LogP contribution in [-0.4, -0.2) is 13.5 Å². The van der Waals surface area contributed by atoms with E-state index in [1.165, 1.54) is 18.2 Å². The van der Waals surface area contributed by atoms with Crippen molar-refractivity contribution in [2.45, 2.75) is 11.3 Å². The van der Waals surface area contributed by atoms with Crippen molar-refractivity contribution < 1.29 is 13.5 Å². The number of benzene rings is 2. The minimum absolute atomic E-state index is 0.0718. The lowest BCUT2D eigenvalue weighted by Gasteiger charge is -2.13. The van der Waals surface area contributed by atoms with Crippen molar-refractivity contribution >= 4 is 10.0 Å². The molecule has 2 aromatic carbocycles. The van der Waals surface area contributed by atoms with Crippen LogP contribution < -0.4 is 5.14 Å². The van der Waals surface area contributed by atoms with Crippen LogP contribution in [0.15, 0.2) is 60.0 Å². The largest absolute Gasteiger partial charge is 0.508 e. The number of rotatable bonds is 4. The summed E-state index contributed by atoms with van der Waals surface area (Å²) in [6.45, 7) is 3.68. The second-order valence-electron chi connectivity index (χ2n) is 4.37. The summed E-state index contributed by atoms with van der Waals surface area (Å²) in [5.41, 5.74) is 2.05. The van der Waals surface area contributed by atoms with E-state index in [4.69, 9.17) is 5.14 Å². The molecule has 0 heterocycles. The number of allylic oxidation sites excluding steroid dienone is 1. The molecule has 0 atom stereocenters. The molecule has 3 N–H and O–H groups in total. The Kier molecular flexibility index (Phi) is 3.92. The van der Waals surface area contributed by atoms with E-state index in [1.807, 2.05) is 6.07 Å². The van der Waals surface area contributed by atoms with Crippen molar-refractivity contribution in [2.75, 3.05) is 0 Å². The average Bonchev–Trinajstić information content (AvgIpc) is 2.39. The molecule has 0 amide bonds. The Bertz CT molecular complexity index is 734. The highest BCUT2D eigenvalue weighted by atomic mass is 32.2. The van der Waals surface area contributed by atoms with Crippen LogP contribution in [-0.2, 0) is 16.4 Å². The normalized spacial score (nSPS) is 11.2. The predicted octanol–water partition coefficient (Wildman–Crippen LogP) is 2.44. The Morgan fingerprint density at radius 2 is 1.80 bits per heavy atom. The van der Waals surface area contributed by atoms with Gasteiger partial charge < -0.3 is 5.11 Å². The fourth-order valence-corrected chi connectivity index (χ4v) is 2.90. The summed E-state index contributed by atoms with van der Waals surface area (Å²) in [5.74, 6) is 0.118. The van der Waals surface area contributed by atoms with E-state index >= 15 is 0 Å². The zero-order valence-electron chi connectivity index (χ0n) is 10.8. The van der Waals surface area contributed by atoms with Crippen LogP contribution in [0.3, 0.4) is 0 Å². The molecule has 0 aromatic heterocycles. The molecule has 0 bridgehead atoms. The molecule has 0 fully saturated rings. The number of phenolic OH excluding ortho intramolecular Hbond substituents is 1. The molecular formula is C15H15NO3S. The summed E-state index contributed by atoms with van der Waals surface area (Å²) in [5, 5.41) is 14.6. The van der Waals surface area contributed by atoms with E-state index in [9.17, 15) is 13.5 Å². The van der Waals surface area contributed by atoms with Gasteiger partial charge in [0.25, 0.3) is 0 Å². The standard InChI is InChI=1S/C15H15NO3S/c1-2-4-11-5-3-6-14(20(16,18)19)15(11)12-7-9-13(17)10-8-12/h2-3,5-10,17H,1,4H2,(H2,16,18,19). The summed E-state index contributed by atoms with van der Waals surface area (Å²) >= 11 is 0. The van der Waals surface area contributed by atoms with Crippen LogP contribution in [0.4, 0.5) is 0 Å². The monoisotopic (exact) mass is 289 g/mol. The highest BCUT2D eigenvalue weighted by Crippen LogP contribution is 2.31. The van der Waals surface area contributed by atoms with Crippen molar-refractivity contribution in [1.82, 2.24) is 0 Å². The van der Waals surface area contributed by atoms with Gasteiger partial charge in [0.05, 0.1) is 4.90 Å². The van der Waals surface area contributed by atoms with E-state index in [1.54, 1.807) is 24.3 Å². The van der Waals surface area contributed by atoms with Gasteiger partial charge >= 0.3 is 0 Å². The first kappa shape index (κ1) is 14.3. The predicted molar refractivity (Wildman–Crippen MR) is 78.8 cm³/mol. The molecule has 0 saturated heterocycles. The SMILES string of the molecule is C=CCc1cccc(S(N)(=O)=O)c1-c1ccc(O)cc1. The molecule has 5 heteroatoms. The third-order valence-electron chi connectivity index (χ3n) is 2.94.